The first kappa shape index (κ1) is 14.6. The van der Waals surface area contributed by atoms with E-state index in [1.54, 1.807) is 42.5 Å². The average Bonchev–Trinajstić information content (AvgIpc) is 2.85. The van der Waals surface area contributed by atoms with E-state index in [-0.39, 0.29) is 17.1 Å². The summed E-state index contributed by atoms with van der Waals surface area (Å²) in [6, 6.07) is 13.6. The number of hydrazine groups is 1. The number of hydrogen-bond donors (Lipinski definition) is 2. The van der Waals surface area contributed by atoms with Crippen molar-refractivity contribution < 1.29 is 19.4 Å². The van der Waals surface area contributed by atoms with E-state index in [0.29, 0.717) is 11.3 Å². The van der Waals surface area contributed by atoms with Crippen LogP contribution < -0.4 is 15.2 Å². The van der Waals surface area contributed by atoms with Gasteiger partial charge in [0.05, 0.1) is 12.8 Å². The molecule has 0 unspecified atom stereocenters. The number of rotatable bonds is 3. The number of methoxy groups -OCH3 is 1. The van der Waals surface area contributed by atoms with Gasteiger partial charge in [-0.15, -0.1) is 0 Å². The second-order valence-corrected chi connectivity index (χ2v) is 4.87. The predicted molar refractivity (Wildman–Crippen MR) is 84.7 cm³/mol. The number of hydrogen-bond acceptors (Lipinski definition) is 4. The summed E-state index contributed by atoms with van der Waals surface area (Å²) >= 11 is 0. The fourth-order valence-electron chi connectivity index (χ4n) is 2.29. The number of carbonyl (C=O) groups excluding carboxylic acids is 2. The second-order valence-electron chi connectivity index (χ2n) is 4.87. The van der Waals surface area contributed by atoms with E-state index in [0.717, 1.165) is 0 Å². The topological polar surface area (TPSA) is 78.9 Å². The zero-order valence-electron chi connectivity index (χ0n) is 12.3. The van der Waals surface area contributed by atoms with Gasteiger partial charge in [-0.2, -0.15) is 0 Å². The predicted octanol–water partition coefficient (Wildman–Crippen LogP) is 1.86. The molecule has 1 aliphatic heterocycles. The zero-order valence-corrected chi connectivity index (χ0v) is 12.3. The highest BCUT2D eigenvalue weighted by Crippen LogP contribution is 2.32. The molecule has 1 aliphatic rings. The second kappa shape index (κ2) is 5.84. The van der Waals surface area contributed by atoms with Crippen LogP contribution in [0, 0.1) is 0 Å². The number of carbonyl (C=O) groups is 2. The third-order valence-electron chi connectivity index (χ3n) is 3.46. The molecule has 2 amide bonds. The Kier molecular flexibility index (Phi) is 3.72. The summed E-state index contributed by atoms with van der Waals surface area (Å²) in [6.45, 7) is 0. The van der Waals surface area contributed by atoms with Crippen molar-refractivity contribution in [3.05, 3.63) is 59.7 Å². The van der Waals surface area contributed by atoms with Gasteiger partial charge in [-0.25, -0.2) is 5.01 Å². The molecule has 0 radical (unpaired) electrons. The first-order valence-corrected chi connectivity index (χ1v) is 6.90. The van der Waals surface area contributed by atoms with Gasteiger partial charge in [-0.1, -0.05) is 30.3 Å². The van der Waals surface area contributed by atoms with E-state index in [1.807, 2.05) is 6.07 Å². The lowest BCUT2D eigenvalue weighted by atomic mass is 10.1. The summed E-state index contributed by atoms with van der Waals surface area (Å²) in [6.07, 6.45) is 1.35. The summed E-state index contributed by atoms with van der Waals surface area (Å²) in [5, 5.41) is 11.3. The van der Waals surface area contributed by atoms with Crippen molar-refractivity contribution in [1.29, 1.82) is 0 Å². The number of nitrogens with one attached hydrogen (secondary N) is 1. The van der Waals surface area contributed by atoms with E-state index >= 15 is 0 Å². The Morgan fingerprint density at radius 2 is 1.83 bits per heavy atom. The van der Waals surface area contributed by atoms with Crippen LogP contribution >= 0.6 is 0 Å². The van der Waals surface area contributed by atoms with Crippen molar-refractivity contribution in [1.82, 2.24) is 5.43 Å². The maximum Gasteiger partial charge on any atom is 0.282 e. The van der Waals surface area contributed by atoms with Crippen LogP contribution in [0.2, 0.25) is 0 Å². The Balaban J connectivity index is 1.98. The van der Waals surface area contributed by atoms with Crippen LogP contribution in [0.15, 0.2) is 54.1 Å². The summed E-state index contributed by atoms with van der Waals surface area (Å²) < 4.78 is 5.02. The van der Waals surface area contributed by atoms with Gasteiger partial charge in [0.15, 0.2) is 11.5 Å². The number of ether oxygens (including phenoxy) is 1. The lowest BCUT2D eigenvalue weighted by Gasteiger charge is -2.13. The van der Waals surface area contributed by atoms with Crippen molar-refractivity contribution in [3.63, 3.8) is 0 Å². The summed E-state index contributed by atoms with van der Waals surface area (Å²) in [4.78, 5) is 24.5. The standard InChI is InChI=1S/C17H14N2O4/c1-23-14-9-5-6-11(15(14)20)10-13-16(21)18-19(17(13)22)12-7-3-2-4-8-12/h2-10,20H,1H3,(H,18,21)/b13-10-. The van der Waals surface area contributed by atoms with Crippen LogP contribution in [0.5, 0.6) is 11.5 Å². The van der Waals surface area contributed by atoms with Crippen molar-refractivity contribution in [2.45, 2.75) is 0 Å². The molecule has 1 heterocycles. The molecule has 6 heteroatoms. The van der Waals surface area contributed by atoms with Crippen molar-refractivity contribution in [2.24, 2.45) is 0 Å². The molecule has 116 valence electrons. The van der Waals surface area contributed by atoms with E-state index in [4.69, 9.17) is 4.74 Å². The molecule has 0 atom stereocenters. The fourth-order valence-corrected chi connectivity index (χ4v) is 2.29. The highest BCUT2D eigenvalue weighted by Gasteiger charge is 2.34. The van der Waals surface area contributed by atoms with E-state index in [9.17, 15) is 14.7 Å². The third-order valence-corrected chi connectivity index (χ3v) is 3.46. The van der Waals surface area contributed by atoms with Crippen molar-refractivity contribution in [3.8, 4) is 11.5 Å². The average molecular weight is 310 g/mol. The van der Waals surface area contributed by atoms with Gasteiger partial charge < -0.3 is 9.84 Å². The van der Waals surface area contributed by atoms with Crippen LogP contribution in [0.1, 0.15) is 5.56 Å². The van der Waals surface area contributed by atoms with Gasteiger partial charge in [0.1, 0.15) is 5.57 Å². The van der Waals surface area contributed by atoms with E-state index in [1.165, 1.54) is 18.2 Å². The van der Waals surface area contributed by atoms with Gasteiger partial charge in [0.25, 0.3) is 11.8 Å². The fraction of sp³-hybridized carbons (Fsp3) is 0.0588. The molecule has 0 aliphatic carbocycles. The molecule has 0 bridgehead atoms. The molecule has 3 rings (SSSR count). The Hall–Kier alpha value is -3.28. The molecule has 1 fully saturated rings. The van der Waals surface area contributed by atoms with Crippen molar-refractivity contribution in [2.75, 3.05) is 12.1 Å². The third kappa shape index (κ3) is 2.62. The highest BCUT2D eigenvalue weighted by atomic mass is 16.5. The number of para-hydroxylation sites is 2. The minimum atomic E-state index is -0.527. The number of aromatic hydroxyl groups is 1. The van der Waals surface area contributed by atoms with E-state index in [2.05, 4.69) is 5.43 Å². The Bertz CT molecular complexity index is 799. The molecule has 2 aromatic rings. The van der Waals surface area contributed by atoms with Crippen LogP contribution in [-0.2, 0) is 9.59 Å². The number of benzene rings is 2. The molecular formula is C17H14N2O4. The van der Waals surface area contributed by atoms with Gasteiger partial charge in [0, 0.05) is 5.56 Å². The Morgan fingerprint density at radius 1 is 1.09 bits per heavy atom. The summed E-state index contributed by atoms with van der Waals surface area (Å²) in [5.74, 6) is -0.865. The monoisotopic (exact) mass is 310 g/mol. The molecule has 2 aromatic carbocycles. The quantitative estimate of drug-likeness (QED) is 0.670. The normalized spacial score (nSPS) is 15.9. The first-order chi connectivity index (χ1) is 11.1. The molecule has 0 aromatic heterocycles. The maximum absolute atomic E-state index is 12.4. The lowest BCUT2D eigenvalue weighted by Crippen LogP contribution is -2.35. The SMILES string of the molecule is COc1cccc(/C=C2/C(=O)NN(c3ccccc3)C2=O)c1O. The molecular weight excluding hydrogens is 296 g/mol. The number of phenols is 1. The van der Waals surface area contributed by atoms with Gasteiger partial charge in [0.2, 0.25) is 0 Å². The van der Waals surface area contributed by atoms with Gasteiger partial charge in [-0.3, -0.25) is 15.0 Å². The number of anilines is 1. The molecule has 23 heavy (non-hydrogen) atoms. The van der Waals surface area contributed by atoms with Crippen LogP contribution in [0.3, 0.4) is 0 Å². The number of nitrogens with zero attached hydrogens (tertiary/aromatic N) is 1. The molecule has 2 N–H and O–H groups in total. The Morgan fingerprint density at radius 3 is 2.52 bits per heavy atom. The minimum Gasteiger partial charge on any atom is -0.504 e. The lowest BCUT2D eigenvalue weighted by molar-refractivity contribution is -0.117. The molecule has 0 saturated carbocycles. The summed E-state index contributed by atoms with van der Waals surface area (Å²) in [7, 11) is 1.43. The Labute approximate surface area is 132 Å². The highest BCUT2D eigenvalue weighted by molar-refractivity contribution is 6.31. The van der Waals surface area contributed by atoms with Crippen LogP contribution in [0.25, 0.3) is 6.08 Å². The smallest absolute Gasteiger partial charge is 0.282 e. The maximum atomic E-state index is 12.4. The molecule has 1 saturated heterocycles. The van der Waals surface area contributed by atoms with Crippen molar-refractivity contribution >= 4 is 23.6 Å². The number of amides is 2. The first-order valence-electron chi connectivity index (χ1n) is 6.90. The molecule has 0 spiro atoms. The number of phenolic OH excluding ortho intramolecular Hbond substituents is 1. The molecule has 6 nitrogen and oxygen atoms in total. The zero-order chi connectivity index (χ0) is 16.4. The van der Waals surface area contributed by atoms with E-state index < -0.39 is 11.8 Å². The largest absolute Gasteiger partial charge is 0.504 e. The van der Waals surface area contributed by atoms with Crippen LogP contribution in [-0.4, -0.2) is 24.0 Å². The van der Waals surface area contributed by atoms with Gasteiger partial charge >= 0.3 is 0 Å². The summed E-state index contributed by atoms with van der Waals surface area (Å²) in [5.41, 5.74) is 3.33. The minimum absolute atomic E-state index is 0.0580. The van der Waals surface area contributed by atoms with Crippen LogP contribution in [0.4, 0.5) is 5.69 Å². The van der Waals surface area contributed by atoms with Gasteiger partial charge in [-0.05, 0) is 24.3 Å².